The second kappa shape index (κ2) is 7.45. The lowest BCUT2D eigenvalue weighted by atomic mass is 10.1. The molecule has 1 aliphatic heterocycles. The summed E-state index contributed by atoms with van der Waals surface area (Å²) in [6, 6.07) is 13.4. The maximum Gasteiger partial charge on any atom is 0.268 e. The molecule has 7 nitrogen and oxygen atoms in total. The predicted molar refractivity (Wildman–Crippen MR) is 102 cm³/mol. The summed E-state index contributed by atoms with van der Waals surface area (Å²) in [5.74, 6) is 2.23. The normalized spacial score (nSPS) is 13.1. The SMILES string of the molecule is COc1cc(/C=C(\C#N)c2nc(-c3ccc(C)cc3)no2)cc2c1OCCO2. The van der Waals surface area contributed by atoms with E-state index in [2.05, 4.69) is 16.2 Å². The fraction of sp³-hybridized carbons (Fsp3) is 0.190. The van der Waals surface area contributed by atoms with E-state index in [4.69, 9.17) is 18.7 Å². The molecule has 2 aromatic carbocycles. The fourth-order valence-electron chi connectivity index (χ4n) is 2.84. The topological polar surface area (TPSA) is 90.4 Å². The molecule has 2 heterocycles. The zero-order valence-corrected chi connectivity index (χ0v) is 15.4. The van der Waals surface area contributed by atoms with Crippen molar-refractivity contribution in [3.05, 3.63) is 53.4 Å². The first kappa shape index (κ1) is 17.6. The molecule has 1 aliphatic rings. The lowest BCUT2D eigenvalue weighted by molar-refractivity contribution is 0.165. The van der Waals surface area contributed by atoms with Crippen LogP contribution < -0.4 is 14.2 Å². The minimum atomic E-state index is 0.145. The molecule has 0 atom stereocenters. The largest absolute Gasteiger partial charge is 0.493 e. The van der Waals surface area contributed by atoms with Gasteiger partial charge in [-0.05, 0) is 30.7 Å². The van der Waals surface area contributed by atoms with Crippen LogP contribution in [-0.2, 0) is 0 Å². The number of aryl methyl sites for hydroxylation is 1. The Hall–Kier alpha value is -3.79. The molecule has 28 heavy (non-hydrogen) atoms. The molecule has 0 radical (unpaired) electrons. The molecule has 0 unspecified atom stereocenters. The number of rotatable bonds is 4. The highest BCUT2D eigenvalue weighted by atomic mass is 16.6. The third-order valence-corrected chi connectivity index (χ3v) is 4.25. The number of nitriles is 1. The van der Waals surface area contributed by atoms with E-state index in [-0.39, 0.29) is 11.5 Å². The number of aromatic nitrogens is 2. The third kappa shape index (κ3) is 3.40. The van der Waals surface area contributed by atoms with Crippen molar-refractivity contribution in [3.63, 3.8) is 0 Å². The molecule has 1 aromatic heterocycles. The number of benzene rings is 2. The number of nitrogens with zero attached hydrogens (tertiary/aromatic N) is 3. The van der Waals surface area contributed by atoms with Crippen molar-refractivity contribution in [2.45, 2.75) is 6.92 Å². The Kier molecular flexibility index (Phi) is 4.68. The molecule has 0 N–H and O–H groups in total. The van der Waals surface area contributed by atoms with Crippen molar-refractivity contribution >= 4 is 11.6 Å². The van der Waals surface area contributed by atoms with Crippen molar-refractivity contribution < 1.29 is 18.7 Å². The maximum atomic E-state index is 9.59. The van der Waals surface area contributed by atoms with Crippen molar-refractivity contribution in [1.29, 1.82) is 5.26 Å². The Morgan fingerprint density at radius 1 is 1.18 bits per heavy atom. The lowest BCUT2D eigenvalue weighted by Crippen LogP contribution is -2.16. The van der Waals surface area contributed by atoms with Crippen molar-refractivity contribution in [2.75, 3.05) is 20.3 Å². The van der Waals surface area contributed by atoms with Gasteiger partial charge in [0.2, 0.25) is 11.6 Å². The van der Waals surface area contributed by atoms with E-state index in [1.54, 1.807) is 25.3 Å². The highest BCUT2D eigenvalue weighted by Crippen LogP contribution is 2.41. The summed E-state index contributed by atoms with van der Waals surface area (Å²) in [7, 11) is 1.55. The quantitative estimate of drug-likeness (QED) is 0.639. The number of hydrogen-bond acceptors (Lipinski definition) is 7. The third-order valence-electron chi connectivity index (χ3n) is 4.25. The molecule has 7 heteroatoms. The minimum Gasteiger partial charge on any atom is -0.493 e. The first-order valence-electron chi connectivity index (χ1n) is 8.68. The van der Waals surface area contributed by atoms with Gasteiger partial charge in [-0.25, -0.2) is 0 Å². The van der Waals surface area contributed by atoms with Gasteiger partial charge < -0.3 is 18.7 Å². The molecule has 0 aliphatic carbocycles. The van der Waals surface area contributed by atoms with E-state index < -0.39 is 0 Å². The van der Waals surface area contributed by atoms with Gasteiger partial charge in [-0.1, -0.05) is 35.0 Å². The number of allylic oxidation sites excluding steroid dienone is 1. The average molecular weight is 375 g/mol. The minimum absolute atomic E-state index is 0.145. The Labute approximate surface area is 161 Å². The average Bonchev–Trinajstić information content (AvgIpc) is 3.22. The lowest BCUT2D eigenvalue weighted by Gasteiger charge is -2.21. The van der Waals surface area contributed by atoms with Gasteiger partial charge in [0.1, 0.15) is 24.9 Å². The van der Waals surface area contributed by atoms with Gasteiger partial charge in [0, 0.05) is 5.56 Å². The second-order valence-electron chi connectivity index (χ2n) is 6.21. The van der Waals surface area contributed by atoms with Crippen LogP contribution in [0.2, 0.25) is 0 Å². The van der Waals surface area contributed by atoms with Crippen LogP contribution in [0.25, 0.3) is 23.0 Å². The first-order valence-corrected chi connectivity index (χ1v) is 8.68. The number of methoxy groups -OCH3 is 1. The van der Waals surface area contributed by atoms with E-state index in [1.807, 2.05) is 31.2 Å². The highest BCUT2D eigenvalue weighted by Gasteiger charge is 2.19. The summed E-state index contributed by atoms with van der Waals surface area (Å²) in [6.45, 7) is 2.92. The van der Waals surface area contributed by atoms with Crippen LogP contribution in [0.3, 0.4) is 0 Å². The van der Waals surface area contributed by atoms with Crippen LogP contribution in [0.15, 0.2) is 40.9 Å². The second-order valence-corrected chi connectivity index (χ2v) is 6.21. The molecular formula is C21H17N3O4. The summed E-state index contributed by atoms with van der Waals surface area (Å²) in [6.07, 6.45) is 1.65. The molecule has 0 bridgehead atoms. The van der Waals surface area contributed by atoms with Crippen LogP contribution in [0.5, 0.6) is 17.2 Å². The molecule has 0 fully saturated rings. The smallest absolute Gasteiger partial charge is 0.268 e. The summed E-state index contributed by atoms with van der Waals surface area (Å²) in [4.78, 5) is 4.35. The Bertz CT molecular complexity index is 1060. The van der Waals surface area contributed by atoms with Gasteiger partial charge >= 0.3 is 0 Å². The van der Waals surface area contributed by atoms with Gasteiger partial charge in [0.05, 0.1) is 7.11 Å². The van der Waals surface area contributed by atoms with E-state index in [1.165, 1.54) is 0 Å². The van der Waals surface area contributed by atoms with Gasteiger partial charge in [-0.15, -0.1) is 0 Å². The molecule has 0 spiro atoms. The molecule has 4 rings (SSSR count). The Morgan fingerprint density at radius 3 is 2.71 bits per heavy atom. The predicted octanol–water partition coefficient (Wildman–Crippen LogP) is 3.89. The molecule has 3 aromatic rings. The van der Waals surface area contributed by atoms with Gasteiger partial charge in [-0.2, -0.15) is 10.2 Å². The maximum absolute atomic E-state index is 9.59. The summed E-state index contributed by atoms with van der Waals surface area (Å²) in [5.41, 5.74) is 2.90. The van der Waals surface area contributed by atoms with E-state index in [9.17, 15) is 5.26 Å². The highest BCUT2D eigenvalue weighted by molar-refractivity contribution is 5.87. The first-order chi connectivity index (χ1) is 13.7. The van der Waals surface area contributed by atoms with Crippen molar-refractivity contribution in [3.8, 4) is 34.7 Å². The molecule has 0 saturated carbocycles. The summed E-state index contributed by atoms with van der Waals surface area (Å²) < 4.78 is 21.9. The zero-order chi connectivity index (χ0) is 19.5. The van der Waals surface area contributed by atoms with Gasteiger partial charge in [0.15, 0.2) is 11.5 Å². The monoisotopic (exact) mass is 375 g/mol. The number of ether oxygens (including phenoxy) is 3. The van der Waals surface area contributed by atoms with Crippen LogP contribution in [0.4, 0.5) is 0 Å². The standard InChI is InChI=1S/C21H17N3O4/c1-13-3-5-15(6-4-13)20-23-21(28-24-20)16(12-22)9-14-10-17(25-2)19-18(11-14)26-7-8-27-19/h3-6,9-11H,7-8H2,1-2H3/b16-9+. The Morgan fingerprint density at radius 2 is 1.96 bits per heavy atom. The fourth-order valence-corrected chi connectivity index (χ4v) is 2.84. The van der Waals surface area contributed by atoms with E-state index in [0.717, 1.165) is 11.1 Å². The zero-order valence-electron chi connectivity index (χ0n) is 15.4. The summed E-state index contributed by atoms with van der Waals surface area (Å²) >= 11 is 0. The van der Waals surface area contributed by atoms with Crippen LogP contribution in [-0.4, -0.2) is 30.5 Å². The van der Waals surface area contributed by atoms with Crippen LogP contribution in [0, 0.1) is 18.3 Å². The van der Waals surface area contributed by atoms with Gasteiger partial charge in [-0.3, -0.25) is 0 Å². The number of hydrogen-bond donors (Lipinski definition) is 0. The van der Waals surface area contributed by atoms with Crippen molar-refractivity contribution in [1.82, 2.24) is 10.1 Å². The Balaban J connectivity index is 1.69. The summed E-state index contributed by atoms with van der Waals surface area (Å²) in [5, 5.41) is 13.6. The number of fused-ring (bicyclic) bond motifs is 1. The van der Waals surface area contributed by atoms with Crippen LogP contribution >= 0.6 is 0 Å². The van der Waals surface area contributed by atoms with E-state index >= 15 is 0 Å². The van der Waals surface area contributed by atoms with Gasteiger partial charge in [0.25, 0.3) is 5.89 Å². The molecular weight excluding hydrogens is 358 g/mol. The molecule has 140 valence electrons. The van der Waals surface area contributed by atoms with E-state index in [0.29, 0.717) is 41.9 Å². The van der Waals surface area contributed by atoms with Crippen LogP contribution in [0.1, 0.15) is 17.0 Å². The van der Waals surface area contributed by atoms with Crippen molar-refractivity contribution in [2.24, 2.45) is 0 Å². The molecule has 0 amide bonds. The molecule has 0 saturated heterocycles.